The standard InChI is InChI=1S/C27H27F3N4O5S/c1-40(37,38)39-16-25(9-11-33(12-10-25)24(36)26(7-8-26)27(28,29)30)34-15-17(14-31-34)13-18-5-6-21-22-19(18)3-2-4-20(22)23(35)32-21/h2-6,14-15H,7-13,16H2,1H3,(H,32,35). The highest BCUT2D eigenvalue weighted by Gasteiger charge is 2.69. The number of halogens is 3. The highest BCUT2D eigenvalue weighted by atomic mass is 32.2. The number of anilines is 1. The monoisotopic (exact) mass is 576 g/mol. The molecule has 2 aromatic carbocycles. The molecular formula is C27H27F3N4O5S. The summed E-state index contributed by atoms with van der Waals surface area (Å²) in [4.78, 5) is 26.3. The largest absolute Gasteiger partial charge is 0.403 e. The second-order valence-corrected chi connectivity index (χ2v) is 12.6. The molecule has 3 aliphatic rings. The third-order valence-electron chi connectivity index (χ3n) is 8.37. The summed E-state index contributed by atoms with van der Waals surface area (Å²) in [6, 6.07) is 9.35. The lowest BCUT2D eigenvalue weighted by Crippen LogP contribution is -2.53. The van der Waals surface area contributed by atoms with E-state index in [1.54, 1.807) is 23.1 Å². The average molecular weight is 577 g/mol. The minimum absolute atomic E-state index is 0.0227. The number of piperidine rings is 1. The third kappa shape index (κ3) is 4.44. The molecule has 6 rings (SSSR count). The number of alkyl halides is 3. The second-order valence-electron chi connectivity index (χ2n) is 11.0. The number of amides is 2. The molecule has 9 nitrogen and oxygen atoms in total. The van der Waals surface area contributed by atoms with Gasteiger partial charge in [0.05, 0.1) is 24.6 Å². The van der Waals surface area contributed by atoms with Gasteiger partial charge in [-0.1, -0.05) is 18.2 Å². The first kappa shape index (κ1) is 26.8. The van der Waals surface area contributed by atoms with Crippen LogP contribution in [0.4, 0.5) is 18.9 Å². The maximum atomic E-state index is 13.5. The molecule has 0 unspecified atom stereocenters. The summed E-state index contributed by atoms with van der Waals surface area (Å²) in [5.74, 6) is -1.06. The van der Waals surface area contributed by atoms with Crippen molar-refractivity contribution in [3.8, 4) is 0 Å². The van der Waals surface area contributed by atoms with E-state index in [0.29, 0.717) is 12.0 Å². The van der Waals surface area contributed by atoms with Crippen LogP contribution in [0.5, 0.6) is 0 Å². The number of aromatic nitrogens is 2. The normalized spacial score (nSPS) is 19.6. The van der Waals surface area contributed by atoms with Crippen molar-refractivity contribution in [3.63, 3.8) is 0 Å². The summed E-state index contributed by atoms with van der Waals surface area (Å²) in [6.45, 7) is -0.210. The molecule has 1 saturated heterocycles. The predicted molar refractivity (Wildman–Crippen MR) is 139 cm³/mol. The first-order valence-corrected chi connectivity index (χ1v) is 14.7. The maximum absolute atomic E-state index is 13.5. The van der Waals surface area contributed by atoms with Gasteiger partial charge < -0.3 is 10.2 Å². The van der Waals surface area contributed by atoms with Gasteiger partial charge in [-0.15, -0.1) is 0 Å². The van der Waals surface area contributed by atoms with E-state index >= 15 is 0 Å². The van der Waals surface area contributed by atoms with Crippen molar-refractivity contribution in [2.75, 3.05) is 31.3 Å². The third-order valence-corrected chi connectivity index (χ3v) is 8.91. The lowest BCUT2D eigenvalue weighted by molar-refractivity contribution is -0.199. The number of hydrogen-bond acceptors (Lipinski definition) is 6. The summed E-state index contributed by atoms with van der Waals surface area (Å²) >= 11 is 0. The van der Waals surface area contributed by atoms with Crippen LogP contribution in [0.15, 0.2) is 42.7 Å². The molecule has 1 N–H and O–H groups in total. The Balaban J connectivity index is 1.25. The van der Waals surface area contributed by atoms with E-state index in [9.17, 15) is 31.2 Å². The van der Waals surface area contributed by atoms with Gasteiger partial charge in [-0.05, 0) is 54.3 Å². The van der Waals surface area contributed by atoms with Crippen LogP contribution in [0.3, 0.4) is 0 Å². The number of hydrogen-bond donors (Lipinski definition) is 1. The minimum atomic E-state index is -4.60. The average Bonchev–Trinajstić information content (AvgIpc) is 3.50. The Labute approximate surface area is 228 Å². The number of carbonyl (C=O) groups is 2. The van der Waals surface area contributed by atoms with Crippen molar-refractivity contribution in [1.29, 1.82) is 0 Å². The Morgan fingerprint density at radius 2 is 1.85 bits per heavy atom. The highest BCUT2D eigenvalue weighted by Crippen LogP contribution is 2.59. The summed E-state index contributed by atoms with van der Waals surface area (Å²) in [7, 11) is -3.81. The van der Waals surface area contributed by atoms with E-state index in [-0.39, 0.29) is 51.3 Å². The summed E-state index contributed by atoms with van der Waals surface area (Å²) in [5.41, 5.74) is -0.0987. The maximum Gasteiger partial charge on any atom is 0.403 e. The van der Waals surface area contributed by atoms with Crippen molar-refractivity contribution in [2.24, 2.45) is 5.41 Å². The molecule has 3 heterocycles. The number of nitrogens with one attached hydrogen (secondary N) is 1. The minimum Gasteiger partial charge on any atom is -0.342 e. The Morgan fingerprint density at radius 3 is 2.50 bits per heavy atom. The number of carbonyl (C=O) groups excluding carboxylic acids is 2. The topological polar surface area (TPSA) is 111 Å². The van der Waals surface area contributed by atoms with Gasteiger partial charge in [0, 0.05) is 42.3 Å². The van der Waals surface area contributed by atoms with Gasteiger partial charge in [-0.3, -0.25) is 18.5 Å². The molecule has 0 radical (unpaired) electrons. The van der Waals surface area contributed by atoms with Crippen molar-refractivity contribution in [1.82, 2.24) is 14.7 Å². The van der Waals surface area contributed by atoms with Crippen LogP contribution < -0.4 is 5.32 Å². The molecule has 1 saturated carbocycles. The van der Waals surface area contributed by atoms with Crippen molar-refractivity contribution >= 4 is 38.4 Å². The first-order valence-electron chi connectivity index (χ1n) is 12.9. The molecule has 1 aliphatic carbocycles. The van der Waals surface area contributed by atoms with Crippen molar-refractivity contribution < 1.29 is 35.4 Å². The van der Waals surface area contributed by atoms with Crippen LogP contribution in [0.1, 0.15) is 47.2 Å². The van der Waals surface area contributed by atoms with Crippen LogP contribution in [-0.2, 0) is 31.1 Å². The van der Waals surface area contributed by atoms with Crippen LogP contribution >= 0.6 is 0 Å². The quantitative estimate of drug-likeness (QED) is 0.428. The summed E-state index contributed by atoms with van der Waals surface area (Å²) in [6.07, 6.45) is 0.204. The van der Waals surface area contributed by atoms with Crippen LogP contribution in [0.2, 0.25) is 0 Å². The summed E-state index contributed by atoms with van der Waals surface area (Å²) < 4.78 is 71.1. The van der Waals surface area contributed by atoms with E-state index in [2.05, 4.69) is 10.4 Å². The number of likely N-dealkylation sites (tertiary alicyclic amines) is 1. The zero-order valence-electron chi connectivity index (χ0n) is 21.6. The van der Waals surface area contributed by atoms with E-state index in [0.717, 1.165) is 33.8 Å². The molecule has 0 atom stereocenters. The second kappa shape index (κ2) is 9.03. The molecule has 13 heteroatoms. The van der Waals surface area contributed by atoms with Gasteiger partial charge in [0.15, 0.2) is 0 Å². The van der Waals surface area contributed by atoms with Gasteiger partial charge in [0.25, 0.3) is 16.0 Å². The Bertz CT molecular complexity index is 1640. The number of nitrogens with zero attached hydrogens (tertiary/aromatic N) is 3. The first-order chi connectivity index (χ1) is 18.8. The SMILES string of the molecule is CS(=O)(=O)OCC1(n2cc(Cc3ccc4c5c(cccc35)C(=O)N4)cn2)CCN(C(=O)C2(C(F)(F)F)CC2)CC1. The molecular weight excluding hydrogens is 549 g/mol. The number of benzene rings is 2. The van der Waals surface area contributed by atoms with E-state index < -0.39 is 33.2 Å². The molecule has 2 aliphatic heterocycles. The Hall–Kier alpha value is -3.45. The van der Waals surface area contributed by atoms with Gasteiger partial charge >= 0.3 is 6.18 Å². The molecule has 0 spiro atoms. The lowest BCUT2D eigenvalue weighted by Gasteiger charge is -2.42. The number of rotatable bonds is 7. The lowest BCUT2D eigenvalue weighted by atomic mass is 9.87. The predicted octanol–water partition coefficient (Wildman–Crippen LogP) is 3.83. The molecule has 40 heavy (non-hydrogen) atoms. The Kier molecular flexibility index (Phi) is 6.04. The molecule has 2 fully saturated rings. The fourth-order valence-corrected chi connectivity index (χ4v) is 6.30. The smallest absolute Gasteiger partial charge is 0.342 e. The Morgan fingerprint density at radius 1 is 1.12 bits per heavy atom. The van der Waals surface area contributed by atoms with Gasteiger partial charge in [0.1, 0.15) is 5.41 Å². The van der Waals surface area contributed by atoms with Gasteiger partial charge in [-0.2, -0.15) is 26.7 Å². The van der Waals surface area contributed by atoms with Crippen LogP contribution in [-0.4, -0.2) is 67.0 Å². The zero-order valence-corrected chi connectivity index (χ0v) is 22.4. The molecule has 3 aromatic rings. The van der Waals surface area contributed by atoms with E-state index in [1.165, 1.54) is 4.90 Å². The highest BCUT2D eigenvalue weighted by molar-refractivity contribution is 7.85. The fraction of sp³-hybridized carbons (Fsp3) is 0.444. The van der Waals surface area contributed by atoms with Gasteiger partial charge in [-0.25, -0.2) is 0 Å². The molecule has 1 aromatic heterocycles. The van der Waals surface area contributed by atoms with Gasteiger partial charge in [0.2, 0.25) is 5.91 Å². The molecule has 2 amide bonds. The van der Waals surface area contributed by atoms with Crippen molar-refractivity contribution in [3.05, 3.63) is 59.4 Å². The van der Waals surface area contributed by atoms with Crippen LogP contribution in [0.25, 0.3) is 10.8 Å². The van der Waals surface area contributed by atoms with Crippen LogP contribution in [0, 0.1) is 5.41 Å². The molecule has 0 bridgehead atoms. The van der Waals surface area contributed by atoms with E-state index in [4.69, 9.17) is 4.18 Å². The molecule has 212 valence electrons. The zero-order chi connectivity index (χ0) is 28.5. The van der Waals surface area contributed by atoms with E-state index in [1.807, 2.05) is 24.3 Å². The summed E-state index contributed by atoms with van der Waals surface area (Å²) in [5, 5.41) is 9.17. The fourth-order valence-electron chi connectivity index (χ4n) is 5.86. The van der Waals surface area contributed by atoms with Crippen molar-refractivity contribution in [2.45, 2.75) is 43.8 Å².